The lowest BCUT2D eigenvalue weighted by Crippen LogP contribution is -2.56. The monoisotopic (exact) mass is 615 g/mol. The second-order valence-corrected chi connectivity index (χ2v) is 11.7. The molecule has 230 valence electrons. The lowest BCUT2D eigenvalue weighted by atomic mass is 9.84. The number of aromatic amines is 1. The number of carbonyl (C=O) groups excluding carboxylic acids is 3. The average Bonchev–Trinajstić information content (AvgIpc) is 3.55. The van der Waals surface area contributed by atoms with E-state index >= 15 is 0 Å². The van der Waals surface area contributed by atoms with Gasteiger partial charge in [0.2, 0.25) is 11.8 Å². The van der Waals surface area contributed by atoms with Crippen LogP contribution in [-0.2, 0) is 39.2 Å². The second kappa shape index (κ2) is 15.2. The Hall–Kier alpha value is -4.63. The van der Waals surface area contributed by atoms with Crippen molar-refractivity contribution in [1.82, 2.24) is 25.5 Å². The first kappa shape index (κ1) is 32.3. The van der Waals surface area contributed by atoms with Crippen LogP contribution >= 0.6 is 11.6 Å². The molecule has 0 radical (unpaired) electrons. The quantitative estimate of drug-likeness (QED) is 0.194. The van der Waals surface area contributed by atoms with Gasteiger partial charge in [-0.25, -0.2) is 9.78 Å². The Morgan fingerprint density at radius 2 is 1.59 bits per heavy atom. The predicted molar refractivity (Wildman–Crippen MR) is 170 cm³/mol. The zero-order valence-electron chi connectivity index (χ0n) is 25.1. The summed E-state index contributed by atoms with van der Waals surface area (Å²) in [6.07, 6.45) is 2.70. The number of aromatic nitrogens is 2. The Bertz CT molecular complexity index is 1500. The SMILES string of the molecule is CN(C(=O)[C@H](Cc1cnc[nH]1)NC(=O)OCc1ccccc1)[C@@H](Cc1ccc(Cl)cc1)C(=O)NCC(C)(C)c1ccccc1. The van der Waals surface area contributed by atoms with Gasteiger partial charge in [-0.3, -0.25) is 9.59 Å². The van der Waals surface area contributed by atoms with Crippen molar-refractivity contribution >= 4 is 29.5 Å². The third-order valence-electron chi connectivity index (χ3n) is 7.50. The van der Waals surface area contributed by atoms with E-state index in [0.717, 1.165) is 16.7 Å². The van der Waals surface area contributed by atoms with Crippen LogP contribution in [0.15, 0.2) is 97.5 Å². The van der Waals surface area contributed by atoms with Crippen LogP contribution in [0, 0.1) is 0 Å². The molecule has 0 saturated heterocycles. The molecule has 3 aromatic carbocycles. The number of halogens is 1. The molecule has 10 heteroatoms. The van der Waals surface area contributed by atoms with Crippen molar-refractivity contribution in [2.24, 2.45) is 0 Å². The summed E-state index contributed by atoms with van der Waals surface area (Å²) in [5.41, 5.74) is 3.02. The van der Waals surface area contributed by atoms with Gasteiger partial charge in [0.15, 0.2) is 0 Å². The number of amides is 3. The number of imidazole rings is 1. The molecular weight excluding hydrogens is 578 g/mol. The molecule has 3 N–H and O–H groups in total. The number of likely N-dealkylation sites (N-methyl/N-ethyl adjacent to an activating group) is 1. The summed E-state index contributed by atoms with van der Waals surface area (Å²) < 4.78 is 5.40. The maximum absolute atomic E-state index is 14.0. The summed E-state index contributed by atoms with van der Waals surface area (Å²) in [6.45, 7) is 4.51. The zero-order chi connectivity index (χ0) is 31.5. The van der Waals surface area contributed by atoms with E-state index < -0.39 is 24.1 Å². The molecule has 1 aromatic heterocycles. The topological polar surface area (TPSA) is 116 Å². The average molecular weight is 616 g/mol. The molecular formula is C34H38ClN5O4. The van der Waals surface area contributed by atoms with Crippen molar-refractivity contribution in [3.8, 4) is 0 Å². The van der Waals surface area contributed by atoms with Gasteiger partial charge >= 0.3 is 6.09 Å². The fourth-order valence-corrected chi connectivity index (χ4v) is 4.92. The van der Waals surface area contributed by atoms with Gasteiger partial charge in [0.05, 0.1) is 6.33 Å². The second-order valence-electron chi connectivity index (χ2n) is 11.3. The number of carbonyl (C=O) groups is 3. The third-order valence-corrected chi connectivity index (χ3v) is 7.75. The number of rotatable bonds is 13. The van der Waals surface area contributed by atoms with Crippen LogP contribution < -0.4 is 10.6 Å². The number of ether oxygens (including phenoxy) is 1. The molecule has 0 saturated carbocycles. The Labute approximate surface area is 263 Å². The first-order valence-electron chi connectivity index (χ1n) is 14.4. The van der Waals surface area contributed by atoms with Crippen LogP contribution in [0.1, 0.15) is 36.2 Å². The number of nitrogens with zero attached hydrogens (tertiary/aromatic N) is 2. The van der Waals surface area contributed by atoms with Crippen molar-refractivity contribution in [3.05, 3.63) is 125 Å². The van der Waals surface area contributed by atoms with E-state index in [1.807, 2.05) is 72.8 Å². The molecule has 0 unspecified atom stereocenters. The van der Waals surface area contributed by atoms with Crippen LogP contribution in [-0.4, -0.2) is 58.5 Å². The number of benzene rings is 3. The molecule has 0 aliphatic heterocycles. The lowest BCUT2D eigenvalue weighted by Gasteiger charge is -2.32. The first-order chi connectivity index (χ1) is 21.1. The molecule has 2 atom stereocenters. The third kappa shape index (κ3) is 9.18. The van der Waals surface area contributed by atoms with Crippen molar-refractivity contribution < 1.29 is 19.1 Å². The highest BCUT2D eigenvalue weighted by Crippen LogP contribution is 2.22. The van der Waals surface area contributed by atoms with Crippen LogP contribution in [0.4, 0.5) is 4.79 Å². The maximum Gasteiger partial charge on any atom is 0.408 e. The van der Waals surface area contributed by atoms with Gasteiger partial charge in [-0.1, -0.05) is 98.2 Å². The molecule has 4 aromatic rings. The minimum absolute atomic E-state index is 0.0479. The van der Waals surface area contributed by atoms with E-state index in [2.05, 4.69) is 34.4 Å². The minimum atomic E-state index is -1.02. The van der Waals surface area contributed by atoms with E-state index in [1.54, 1.807) is 25.4 Å². The number of hydrogen-bond donors (Lipinski definition) is 3. The Balaban J connectivity index is 1.52. The summed E-state index contributed by atoms with van der Waals surface area (Å²) in [4.78, 5) is 49.0. The van der Waals surface area contributed by atoms with Crippen LogP contribution in [0.25, 0.3) is 0 Å². The summed E-state index contributed by atoms with van der Waals surface area (Å²) in [5, 5.41) is 6.34. The molecule has 4 rings (SSSR count). The van der Waals surface area contributed by atoms with Crippen LogP contribution in [0.5, 0.6) is 0 Å². The zero-order valence-corrected chi connectivity index (χ0v) is 25.9. The summed E-state index contributed by atoms with van der Waals surface area (Å²) in [5.74, 6) is -0.764. The Kier molecular flexibility index (Phi) is 11.2. The number of hydrogen-bond acceptors (Lipinski definition) is 5. The number of nitrogens with one attached hydrogen (secondary N) is 3. The summed E-state index contributed by atoms with van der Waals surface area (Å²) in [6, 6.07) is 24.4. The molecule has 44 heavy (non-hydrogen) atoms. The molecule has 0 fully saturated rings. The normalized spacial score (nSPS) is 12.5. The lowest BCUT2D eigenvalue weighted by molar-refractivity contribution is -0.140. The molecule has 0 aliphatic carbocycles. The van der Waals surface area contributed by atoms with Gasteiger partial charge in [-0.05, 0) is 28.8 Å². The van der Waals surface area contributed by atoms with E-state index in [-0.39, 0.29) is 30.8 Å². The first-order valence-corrected chi connectivity index (χ1v) is 14.8. The minimum Gasteiger partial charge on any atom is -0.445 e. The standard InChI is InChI=1S/C34H38ClN5O4/c1-34(2,26-12-8-5-9-13-26)22-37-31(41)30(18-24-14-16-27(35)17-15-24)40(3)32(42)29(19-28-20-36-23-38-28)39-33(43)44-21-25-10-6-4-7-11-25/h4-17,20,23,29-30H,18-19,21-22H2,1-3H3,(H,36,38)(H,37,41)(H,39,43)/t29-,30-/m0/s1. The molecule has 9 nitrogen and oxygen atoms in total. The van der Waals surface area contributed by atoms with Crippen molar-refractivity contribution in [1.29, 1.82) is 0 Å². The van der Waals surface area contributed by atoms with Crippen molar-refractivity contribution in [2.75, 3.05) is 13.6 Å². The van der Waals surface area contributed by atoms with Gasteiger partial charge < -0.3 is 25.3 Å². The summed E-state index contributed by atoms with van der Waals surface area (Å²) in [7, 11) is 1.57. The fraction of sp³-hybridized carbons (Fsp3) is 0.294. The van der Waals surface area contributed by atoms with Crippen molar-refractivity contribution in [2.45, 2.75) is 50.8 Å². The highest BCUT2D eigenvalue weighted by Gasteiger charge is 2.34. The van der Waals surface area contributed by atoms with Gasteiger partial charge in [-0.2, -0.15) is 0 Å². The summed E-state index contributed by atoms with van der Waals surface area (Å²) >= 11 is 6.10. The molecule has 0 aliphatic rings. The highest BCUT2D eigenvalue weighted by atomic mass is 35.5. The Morgan fingerprint density at radius 1 is 0.932 bits per heavy atom. The molecule has 1 heterocycles. The van der Waals surface area contributed by atoms with Crippen molar-refractivity contribution in [3.63, 3.8) is 0 Å². The van der Waals surface area contributed by atoms with Gasteiger partial charge in [0, 0.05) is 48.8 Å². The van der Waals surface area contributed by atoms with Crippen LogP contribution in [0.3, 0.4) is 0 Å². The van der Waals surface area contributed by atoms with E-state index in [0.29, 0.717) is 17.3 Å². The Morgan fingerprint density at radius 3 is 2.23 bits per heavy atom. The van der Waals surface area contributed by atoms with E-state index in [9.17, 15) is 14.4 Å². The highest BCUT2D eigenvalue weighted by molar-refractivity contribution is 6.30. The van der Waals surface area contributed by atoms with Gasteiger partial charge in [0.25, 0.3) is 0 Å². The van der Waals surface area contributed by atoms with Gasteiger partial charge in [-0.15, -0.1) is 0 Å². The largest absolute Gasteiger partial charge is 0.445 e. The van der Waals surface area contributed by atoms with E-state index in [1.165, 1.54) is 11.2 Å². The number of alkyl carbamates (subject to hydrolysis) is 1. The molecule has 3 amide bonds. The number of H-pyrrole nitrogens is 1. The fourth-order valence-electron chi connectivity index (χ4n) is 4.79. The van der Waals surface area contributed by atoms with Crippen LogP contribution in [0.2, 0.25) is 5.02 Å². The van der Waals surface area contributed by atoms with E-state index in [4.69, 9.17) is 16.3 Å². The smallest absolute Gasteiger partial charge is 0.408 e. The maximum atomic E-state index is 14.0. The molecule has 0 spiro atoms. The van der Waals surface area contributed by atoms with Gasteiger partial charge in [0.1, 0.15) is 18.7 Å². The predicted octanol–water partition coefficient (Wildman–Crippen LogP) is 5.06. The molecule has 0 bridgehead atoms.